The molecule has 14 heavy (non-hydrogen) atoms. The van der Waals surface area contributed by atoms with Gasteiger partial charge in [-0.15, -0.1) is 0 Å². The summed E-state index contributed by atoms with van der Waals surface area (Å²) >= 11 is 1.08. The van der Waals surface area contributed by atoms with E-state index in [0.717, 1.165) is 11.5 Å². The number of hydrogen-bond acceptors (Lipinski definition) is 6. The van der Waals surface area contributed by atoms with Crippen LogP contribution in [0.5, 0.6) is 0 Å². The van der Waals surface area contributed by atoms with Crippen LogP contribution in [0.15, 0.2) is 4.99 Å². The third-order valence-electron chi connectivity index (χ3n) is 1.13. The number of hydrogen-bond donors (Lipinski definition) is 2. The number of nitrogens with one attached hydrogen (secondary N) is 2. The minimum Gasteiger partial charge on any atom is -0.318 e. The molecule has 0 atom stereocenters. The molecule has 0 radical (unpaired) electrons. The highest BCUT2D eigenvalue weighted by Crippen LogP contribution is 2.09. The first-order valence-corrected chi connectivity index (χ1v) is 4.38. The molecule has 0 aliphatic carbocycles. The first-order chi connectivity index (χ1) is 6.72. The summed E-state index contributed by atoms with van der Waals surface area (Å²) in [6, 6.07) is -0.486. The lowest BCUT2D eigenvalue weighted by Crippen LogP contribution is -2.28. The molecule has 0 aromatic carbocycles. The molecule has 74 valence electrons. The van der Waals surface area contributed by atoms with Crippen molar-refractivity contribution in [2.75, 3.05) is 12.0 Å². The molecule has 7 nitrogen and oxygen atoms in total. The van der Waals surface area contributed by atoms with Crippen molar-refractivity contribution in [3.05, 3.63) is 5.82 Å². The molecule has 0 saturated carbocycles. The topological polar surface area (TPSA) is 96.3 Å². The zero-order chi connectivity index (χ0) is 10.4. The van der Waals surface area contributed by atoms with Gasteiger partial charge in [0.05, 0.1) is 0 Å². The van der Waals surface area contributed by atoms with E-state index in [0.29, 0.717) is 11.0 Å². The number of rotatable bonds is 3. The Bertz CT molecular complexity index is 370. The van der Waals surface area contributed by atoms with Crippen LogP contribution in [-0.4, -0.2) is 28.1 Å². The standard InChI is InChI=1S/C6H7N5O2S/c1-4-9-6(14-11-4)10-5(13)8-2-7-3-12/h2H2,1H3,(H2,8,9,10,11,13). The first-order valence-electron chi connectivity index (χ1n) is 3.61. The van der Waals surface area contributed by atoms with Crippen LogP contribution in [-0.2, 0) is 4.79 Å². The number of aromatic nitrogens is 2. The average molecular weight is 213 g/mol. The zero-order valence-corrected chi connectivity index (χ0v) is 8.09. The van der Waals surface area contributed by atoms with E-state index < -0.39 is 6.03 Å². The maximum Gasteiger partial charge on any atom is 0.322 e. The van der Waals surface area contributed by atoms with Crippen molar-refractivity contribution >= 4 is 28.8 Å². The second-order valence-electron chi connectivity index (χ2n) is 2.19. The predicted molar refractivity (Wildman–Crippen MR) is 49.8 cm³/mol. The third-order valence-corrected chi connectivity index (χ3v) is 1.85. The van der Waals surface area contributed by atoms with Gasteiger partial charge in [-0.2, -0.15) is 9.37 Å². The van der Waals surface area contributed by atoms with Gasteiger partial charge in [-0.05, 0) is 6.92 Å². The van der Waals surface area contributed by atoms with Gasteiger partial charge in [-0.1, -0.05) is 0 Å². The molecule has 0 spiro atoms. The summed E-state index contributed by atoms with van der Waals surface area (Å²) < 4.78 is 3.87. The molecule has 0 bridgehead atoms. The molecule has 1 aromatic rings. The van der Waals surface area contributed by atoms with Gasteiger partial charge in [0.25, 0.3) is 0 Å². The highest BCUT2D eigenvalue weighted by atomic mass is 32.1. The Balaban J connectivity index is 2.37. The molecule has 1 aromatic heterocycles. The summed E-state index contributed by atoms with van der Waals surface area (Å²) in [7, 11) is 0. The summed E-state index contributed by atoms with van der Waals surface area (Å²) in [5.74, 6) is 0.594. The van der Waals surface area contributed by atoms with E-state index in [1.807, 2.05) is 0 Å². The lowest BCUT2D eigenvalue weighted by molar-refractivity contribution is 0.252. The van der Waals surface area contributed by atoms with Gasteiger partial charge in [0, 0.05) is 11.5 Å². The quantitative estimate of drug-likeness (QED) is 0.556. The number of aryl methyl sites for hydroxylation is 1. The fraction of sp³-hybridized carbons (Fsp3) is 0.333. The fourth-order valence-electron chi connectivity index (χ4n) is 0.633. The summed E-state index contributed by atoms with van der Waals surface area (Å²) in [4.78, 5) is 27.7. The molecule has 0 unspecified atom stereocenters. The number of amides is 2. The van der Waals surface area contributed by atoms with Crippen molar-refractivity contribution in [2.24, 2.45) is 4.99 Å². The lowest BCUT2D eigenvalue weighted by Gasteiger charge is -1.99. The smallest absolute Gasteiger partial charge is 0.318 e. The average Bonchev–Trinajstić information content (AvgIpc) is 2.52. The molecule has 0 fully saturated rings. The van der Waals surface area contributed by atoms with E-state index in [1.165, 1.54) is 6.08 Å². The van der Waals surface area contributed by atoms with E-state index in [1.54, 1.807) is 6.92 Å². The Morgan fingerprint density at radius 1 is 1.71 bits per heavy atom. The fourth-order valence-corrected chi connectivity index (χ4v) is 1.20. The van der Waals surface area contributed by atoms with Gasteiger partial charge in [0.15, 0.2) is 0 Å². The Hall–Kier alpha value is -1.79. The molecular weight excluding hydrogens is 206 g/mol. The number of carbonyl (C=O) groups excluding carboxylic acids is 2. The first kappa shape index (κ1) is 10.3. The van der Waals surface area contributed by atoms with Crippen LogP contribution in [0.3, 0.4) is 0 Å². The van der Waals surface area contributed by atoms with Gasteiger partial charge in [-0.3, -0.25) is 5.32 Å². The second-order valence-corrected chi connectivity index (χ2v) is 2.94. The molecule has 0 aliphatic heterocycles. The van der Waals surface area contributed by atoms with Crippen LogP contribution in [0, 0.1) is 6.92 Å². The highest BCUT2D eigenvalue weighted by molar-refractivity contribution is 7.09. The van der Waals surface area contributed by atoms with Crippen LogP contribution < -0.4 is 10.6 Å². The van der Waals surface area contributed by atoms with Crippen LogP contribution in [0.4, 0.5) is 9.93 Å². The summed E-state index contributed by atoms with van der Waals surface area (Å²) in [5.41, 5.74) is 0. The van der Waals surface area contributed by atoms with Crippen molar-refractivity contribution in [2.45, 2.75) is 6.92 Å². The maximum atomic E-state index is 11.0. The minimum atomic E-state index is -0.486. The monoisotopic (exact) mass is 213 g/mol. The van der Waals surface area contributed by atoms with E-state index in [4.69, 9.17) is 0 Å². The highest BCUT2D eigenvalue weighted by Gasteiger charge is 2.03. The molecule has 1 heterocycles. The van der Waals surface area contributed by atoms with E-state index in [2.05, 4.69) is 25.0 Å². The Morgan fingerprint density at radius 3 is 3.07 bits per heavy atom. The van der Waals surface area contributed by atoms with Gasteiger partial charge in [-0.25, -0.2) is 14.6 Å². The number of carbonyl (C=O) groups is 1. The van der Waals surface area contributed by atoms with Gasteiger partial charge in [0.1, 0.15) is 12.5 Å². The number of anilines is 1. The van der Waals surface area contributed by atoms with Crippen molar-refractivity contribution in [3.8, 4) is 0 Å². The summed E-state index contributed by atoms with van der Waals surface area (Å²) in [5, 5.41) is 5.13. The number of nitrogens with zero attached hydrogens (tertiary/aromatic N) is 3. The Kier molecular flexibility index (Phi) is 3.71. The molecule has 2 amide bonds. The normalized spacial score (nSPS) is 8.93. The van der Waals surface area contributed by atoms with Crippen LogP contribution in [0.25, 0.3) is 0 Å². The van der Waals surface area contributed by atoms with E-state index >= 15 is 0 Å². The minimum absolute atomic E-state index is 0.104. The summed E-state index contributed by atoms with van der Waals surface area (Å²) in [6.45, 7) is 1.61. The van der Waals surface area contributed by atoms with Crippen molar-refractivity contribution in [1.29, 1.82) is 0 Å². The SMILES string of the molecule is Cc1nsc(NC(=O)NCN=C=O)n1. The van der Waals surface area contributed by atoms with Crippen molar-refractivity contribution in [3.63, 3.8) is 0 Å². The van der Waals surface area contributed by atoms with E-state index in [9.17, 15) is 9.59 Å². The Labute approximate surface area is 83.4 Å². The molecule has 1 rings (SSSR count). The number of urea groups is 1. The number of isocyanates is 1. The van der Waals surface area contributed by atoms with Gasteiger partial charge >= 0.3 is 6.03 Å². The lowest BCUT2D eigenvalue weighted by atomic mass is 10.7. The van der Waals surface area contributed by atoms with E-state index in [-0.39, 0.29) is 6.67 Å². The van der Waals surface area contributed by atoms with Gasteiger partial charge in [0.2, 0.25) is 11.2 Å². The van der Waals surface area contributed by atoms with Crippen LogP contribution in [0.2, 0.25) is 0 Å². The molecular formula is C6H7N5O2S. The predicted octanol–water partition coefficient (Wildman–Crippen LogP) is 0.261. The zero-order valence-electron chi connectivity index (χ0n) is 7.27. The van der Waals surface area contributed by atoms with Crippen LogP contribution in [0.1, 0.15) is 5.82 Å². The van der Waals surface area contributed by atoms with Gasteiger partial charge < -0.3 is 5.32 Å². The number of aliphatic imine (C=N–C) groups is 1. The van der Waals surface area contributed by atoms with Crippen LogP contribution >= 0.6 is 11.5 Å². The Morgan fingerprint density at radius 2 is 2.50 bits per heavy atom. The summed E-state index contributed by atoms with van der Waals surface area (Å²) in [6.07, 6.45) is 1.30. The largest absolute Gasteiger partial charge is 0.322 e. The molecule has 2 N–H and O–H groups in total. The molecule has 8 heteroatoms. The van der Waals surface area contributed by atoms with Crippen molar-refractivity contribution < 1.29 is 9.59 Å². The molecule has 0 saturated heterocycles. The third kappa shape index (κ3) is 3.30. The maximum absolute atomic E-state index is 11.0. The second kappa shape index (κ2) is 5.05. The molecule has 0 aliphatic rings. The van der Waals surface area contributed by atoms with Crippen molar-refractivity contribution in [1.82, 2.24) is 14.7 Å².